The van der Waals surface area contributed by atoms with E-state index in [1.807, 2.05) is 0 Å². The lowest BCUT2D eigenvalue weighted by Gasteiger charge is -2.30. The predicted octanol–water partition coefficient (Wildman–Crippen LogP) is 3.32. The van der Waals surface area contributed by atoms with Crippen molar-refractivity contribution in [1.82, 2.24) is 10.2 Å². The lowest BCUT2D eigenvalue weighted by atomic mass is 9.85. The molecule has 0 atom stereocenters. The van der Waals surface area contributed by atoms with Crippen molar-refractivity contribution >= 4 is 0 Å². The van der Waals surface area contributed by atoms with Crippen molar-refractivity contribution in [2.75, 3.05) is 13.6 Å². The molecule has 0 bridgehead atoms. The number of nitrogens with one attached hydrogen (secondary N) is 1. The van der Waals surface area contributed by atoms with Gasteiger partial charge in [-0.3, -0.25) is 0 Å². The van der Waals surface area contributed by atoms with E-state index in [9.17, 15) is 0 Å². The monoisotopic (exact) mass is 264 g/mol. The van der Waals surface area contributed by atoms with Crippen LogP contribution in [0.5, 0.6) is 0 Å². The summed E-state index contributed by atoms with van der Waals surface area (Å²) in [7, 11) is 2.22. The van der Waals surface area contributed by atoms with Crippen LogP contribution in [0.25, 0.3) is 0 Å². The number of aryl methyl sites for hydroxylation is 1. The van der Waals surface area contributed by atoms with E-state index in [0.717, 1.165) is 30.5 Å². The number of hydrogen-bond donors (Lipinski definition) is 1. The molecule has 1 aliphatic carbocycles. The molecule has 1 aromatic heterocycles. The molecule has 0 aliphatic heterocycles. The zero-order valence-corrected chi connectivity index (χ0v) is 12.8. The highest BCUT2D eigenvalue weighted by atomic mass is 16.3. The third kappa shape index (κ3) is 4.36. The second kappa shape index (κ2) is 6.58. The highest BCUT2D eigenvalue weighted by Crippen LogP contribution is 2.27. The minimum Gasteiger partial charge on any atom is -0.465 e. The van der Waals surface area contributed by atoms with Crippen molar-refractivity contribution in [3.8, 4) is 0 Å². The van der Waals surface area contributed by atoms with E-state index in [1.165, 1.54) is 31.4 Å². The Hall–Kier alpha value is -0.800. The normalized spacial score (nSPS) is 16.3. The molecule has 0 unspecified atom stereocenters. The minimum atomic E-state index is 0.496. The average Bonchev–Trinajstić information content (AvgIpc) is 2.62. The molecule has 0 aromatic carbocycles. The van der Waals surface area contributed by atoms with Crippen LogP contribution in [0.3, 0.4) is 0 Å². The molecule has 1 heterocycles. The minimum absolute atomic E-state index is 0.496. The second-order valence-corrected chi connectivity index (χ2v) is 6.32. The number of hydrogen-bond acceptors (Lipinski definition) is 3. The summed E-state index contributed by atoms with van der Waals surface area (Å²) in [4.78, 5) is 2.43. The maximum Gasteiger partial charge on any atom is 0.118 e. The van der Waals surface area contributed by atoms with Crippen LogP contribution < -0.4 is 5.32 Å². The quantitative estimate of drug-likeness (QED) is 0.819. The topological polar surface area (TPSA) is 28.4 Å². The zero-order chi connectivity index (χ0) is 13.8. The van der Waals surface area contributed by atoms with Crippen molar-refractivity contribution in [2.24, 2.45) is 5.92 Å². The Morgan fingerprint density at radius 3 is 2.74 bits per heavy atom. The Labute approximate surface area is 117 Å². The highest BCUT2D eigenvalue weighted by Gasteiger charge is 2.19. The number of nitrogens with zero attached hydrogens (tertiary/aromatic N) is 1. The molecule has 1 N–H and O–H groups in total. The van der Waals surface area contributed by atoms with E-state index >= 15 is 0 Å². The summed E-state index contributed by atoms with van der Waals surface area (Å²) in [5, 5.41) is 3.40. The summed E-state index contributed by atoms with van der Waals surface area (Å²) in [6.07, 6.45) is 4.25. The van der Waals surface area contributed by atoms with Crippen LogP contribution in [0.4, 0.5) is 0 Å². The van der Waals surface area contributed by atoms with Gasteiger partial charge in [0.05, 0.1) is 6.54 Å². The Kier molecular flexibility index (Phi) is 5.06. The van der Waals surface area contributed by atoms with E-state index < -0.39 is 0 Å². The van der Waals surface area contributed by atoms with Gasteiger partial charge in [-0.05, 0) is 38.8 Å². The van der Waals surface area contributed by atoms with Gasteiger partial charge in [0.15, 0.2) is 0 Å². The van der Waals surface area contributed by atoms with Gasteiger partial charge in [-0.25, -0.2) is 0 Å². The lowest BCUT2D eigenvalue weighted by Crippen LogP contribution is -2.29. The second-order valence-electron chi connectivity index (χ2n) is 6.32. The molecular formula is C16H28N2O. The van der Waals surface area contributed by atoms with Gasteiger partial charge < -0.3 is 14.6 Å². The molecule has 19 heavy (non-hydrogen) atoms. The van der Waals surface area contributed by atoms with Gasteiger partial charge in [0.1, 0.15) is 11.5 Å². The Balaban J connectivity index is 1.84. The van der Waals surface area contributed by atoms with Crippen molar-refractivity contribution in [2.45, 2.75) is 59.2 Å². The van der Waals surface area contributed by atoms with Gasteiger partial charge >= 0.3 is 0 Å². The largest absolute Gasteiger partial charge is 0.465 e. The SMILES string of the molecule is Cc1oc(CNC(C)C)cc1CN(C)CC1CCC1. The van der Waals surface area contributed by atoms with E-state index in [0.29, 0.717) is 6.04 Å². The fraction of sp³-hybridized carbons (Fsp3) is 0.750. The Morgan fingerprint density at radius 1 is 1.42 bits per heavy atom. The first-order chi connectivity index (χ1) is 9.04. The third-order valence-electron chi connectivity index (χ3n) is 3.99. The first-order valence-corrected chi connectivity index (χ1v) is 7.54. The Morgan fingerprint density at radius 2 is 2.16 bits per heavy atom. The zero-order valence-electron chi connectivity index (χ0n) is 12.8. The van der Waals surface area contributed by atoms with E-state index in [1.54, 1.807) is 0 Å². The van der Waals surface area contributed by atoms with Crippen molar-refractivity contribution in [3.05, 3.63) is 23.2 Å². The first-order valence-electron chi connectivity index (χ1n) is 7.54. The average molecular weight is 264 g/mol. The fourth-order valence-corrected chi connectivity index (χ4v) is 2.61. The standard InChI is InChI=1S/C16H28N2O/c1-12(2)17-9-16-8-15(13(3)19-16)11-18(4)10-14-6-5-7-14/h8,12,14,17H,5-7,9-11H2,1-4H3. The van der Waals surface area contributed by atoms with Crippen LogP contribution in [0.1, 0.15) is 50.2 Å². The number of furan rings is 1. The summed E-state index contributed by atoms with van der Waals surface area (Å²) >= 11 is 0. The van der Waals surface area contributed by atoms with Gasteiger partial charge in [-0.2, -0.15) is 0 Å². The van der Waals surface area contributed by atoms with Crippen molar-refractivity contribution in [1.29, 1.82) is 0 Å². The van der Waals surface area contributed by atoms with Gasteiger partial charge in [0.2, 0.25) is 0 Å². The summed E-state index contributed by atoms with van der Waals surface area (Å²) in [5.41, 5.74) is 1.34. The summed E-state index contributed by atoms with van der Waals surface area (Å²) in [6, 6.07) is 2.71. The fourth-order valence-electron chi connectivity index (χ4n) is 2.61. The lowest BCUT2D eigenvalue weighted by molar-refractivity contribution is 0.200. The molecule has 0 radical (unpaired) electrons. The van der Waals surface area contributed by atoms with Crippen LogP contribution in [0.2, 0.25) is 0 Å². The molecule has 0 spiro atoms. The molecule has 108 valence electrons. The van der Waals surface area contributed by atoms with Crippen LogP contribution in [-0.2, 0) is 13.1 Å². The molecule has 1 fully saturated rings. The molecule has 1 aromatic rings. The van der Waals surface area contributed by atoms with E-state index in [4.69, 9.17) is 4.42 Å². The molecule has 3 heteroatoms. The maximum atomic E-state index is 5.82. The number of rotatable bonds is 7. The molecule has 3 nitrogen and oxygen atoms in total. The molecular weight excluding hydrogens is 236 g/mol. The van der Waals surface area contributed by atoms with Crippen molar-refractivity contribution in [3.63, 3.8) is 0 Å². The van der Waals surface area contributed by atoms with Gasteiger partial charge in [0.25, 0.3) is 0 Å². The molecule has 0 amide bonds. The van der Waals surface area contributed by atoms with Crippen molar-refractivity contribution < 1.29 is 4.42 Å². The Bertz CT molecular complexity index is 393. The van der Waals surface area contributed by atoms with E-state index in [-0.39, 0.29) is 0 Å². The van der Waals surface area contributed by atoms with Crippen LogP contribution in [-0.4, -0.2) is 24.5 Å². The maximum absolute atomic E-state index is 5.82. The molecule has 1 saturated carbocycles. The predicted molar refractivity (Wildman–Crippen MR) is 79.1 cm³/mol. The smallest absolute Gasteiger partial charge is 0.118 e. The van der Waals surface area contributed by atoms with E-state index in [2.05, 4.69) is 44.1 Å². The highest BCUT2D eigenvalue weighted by molar-refractivity contribution is 5.20. The molecule has 0 saturated heterocycles. The summed E-state index contributed by atoms with van der Waals surface area (Å²) in [6.45, 7) is 9.44. The van der Waals surface area contributed by atoms with Gasteiger partial charge in [-0.1, -0.05) is 20.3 Å². The molecule has 1 aliphatic rings. The van der Waals surface area contributed by atoms with Gasteiger partial charge in [-0.15, -0.1) is 0 Å². The summed E-state index contributed by atoms with van der Waals surface area (Å²) in [5.74, 6) is 3.05. The van der Waals surface area contributed by atoms with Gasteiger partial charge in [0, 0.05) is 24.7 Å². The van der Waals surface area contributed by atoms with Crippen LogP contribution >= 0.6 is 0 Å². The summed E-state index contributed by atoms with van der Waals surface area (Å²) < 4.78 is 5.82. The van der Waals surface area contributed by atoms with Crippen LogP contribution in [0.15, 0.2) is 10.5 Å². The molecule has 2 rings (SSSR count). The van der Waals surface area contributed by atoms with Crippen LogP contribution in [0, 0.1) is 12.8 Å². The third-order valence-corrected chi connectivity index (χ3v) is 3.99. The first kappa shape index (κ1) is 14.6.